The summed E-state index contributed by atoms with van der Waals surface area (Å²) in [5, 5.41) is 17.4. The molecule has 1 aliphatic rings. The number of hydrogen-bond acceptors (Lipinski definition) is 3. The van der Waals surface area contributed by atoms with Crippen LogP contribution in [0.15, 0.2) is 24.3 Å². The largest absolute Gasteiger partial charge is 0.390 e. The van der Waals surface area contributed by atoms with Gasteiger partial charge in [-0.2, -0.15) is 0 Å². The molecule has 1 heterocycles. The average Bonchev–Trinajstić information content (AvgIpc) is 2.52. The number of amidine groups is 1. The molecule has 1 fully saturated rings. The van der Waals surface area contributed by atoms with Crippen LogP contribution < -0.4 is 5.73 Å². The van der Waals surface area contributed by atoms with E-state index < -0.39 is 5.60 Å². The van der Waals surface area contributed by atoms with Gasteiger partial charge < -0.3 is 10.8 Å². The van der Waals surface area contributed by atoms with Crippen LogP contribution in [0.2, 0.25) is 0 Å². The molecule has 0 aliphatic carbocycles. The van der Waals surface area contributed by atoms with Crippen molar-refractivity contribution in [3.63, 3.8) is 0 Å². The molecule has 4 N–H and O–H groups in total. The number of aliphatic hydroxyl groups is 1. The van der Waals surface area contributed by atoms with Gasteiger partial charge in [0.15, 0.2) is 0 Å². The predicted molar refractivity (Wildman–Crippen MR) is 77.2 cm³/mol. The molecule has 0 saturated carbocycles. The molecule has 0 aromatic heterocycles. The third-order valence-corrected chi connectivity index (χ3v) is 3.83. The SMILES string of the molecule is CC1(O)CCCN(Cc2ccc(C(=N)N)cc2)CC1. The standard InChI is InChI=1S/C15H23N3O/c1-15(19)7-2-9-18(10-8-15)11-12-3-5-13(6-4-12)14(16)17/h3-6,19H,2,7-11H2,1H3,(H3,16,17). The Labute approximate surface area is 114 Å². The van der Waals surface area contributed by atoms with Crippen LogP contribution in [0.25, 0.3) is 0 Å². The predicted octanol–water partition coefficient (Wildman–Crippen LogP) is 1.71. The number of likely N-dealkylation sites (tertiary alicyclic amines) is 1. The highest BCUT2D eigenvalue weighted by Crippen LogP contribution is 2.22. The molecule has 4 heteroatoms. The Bertz CT molecular complexity index is 439. The van der Waals surface area contributed by atoms with E-state index in [2.05, 4.69) is 4.90 Å². The van der Waals surface area contributed by atoms with Crippen molar-refractivity contribution in [2.45, 2.75) is 38.3 Å². The zero-order valence-corrected chi connectivity index (χ0v) is 11.5. The summed E-state index contributed by atoms with van der Waals surface area (Å²) in [7, 11) is 0. The molecule has 104 valence electrons. The molecule has 1 unspecified atom stereocenters. The van der Waals surface area contributed by atoms with Crippen LogP contribution in [0.4, 0.5) is 0 Å². The molecular formula is C15H23N3O. The van der Waals surface area contributed by atoms with E-state index in [9.17, 15) is 5.11 Å². The van der Waals surface area contributed by atoms with Gasteiger partial charge in [0.05, 0.1) is 5.60 Å². The summed E-state index contributed by atoms with van der Waals surface area (Å²) in [5.74, 6) is 0.109. The molecule has 1 saturated heterocycles. The van der Waals surface area contributed by atoms with Crippen molar-refractivity contribution in [1.82, 2.24) is 4.90 Å². The Balaban J connectivity index is 1.95. The summed E-state index contributed by atoms with van der Waals surface area (Å²) >= 11 is 0. The van der Waals surface area contributed by atoms with Gasteiger partial charge in [0, 0.05) is 18.7 Å². The van der Waals surface area contributed by atoms with Crippen molar-refractivity contribution in [3.8, 4) is 0 Å². The van der Waals surface area contributed by atoms with E-state index in [1.54, 1.807) is 0 Å². The highest BCUT2D eigenvalue weighted by molar-refractivity contribution is 5.94. The van der Waals surface area contributed by atoms with Crippen LogP contribution in [0.1, 0.15) is 37.3 Å². The van der Waals surface area contributed by atoms with Crippen LogP contribution in [0.5, 0.6) is 0 Å². The van der Waals surface area contributed by atoms with Gasteiger partial charge in [0.2, 0.25) is 0 Å². The molecule has 1 aliphatic heterocycles. The third kappa shape index (κ3) is 4.04. The van der Waals surface area contributed by atoms with Crippen LogP contribution in [-0.4, -0.2) is 34.5 Å². The minimum absolute atomic E-state index is 0.109. The molecule has 0 amide bonds. The van der Waals surface area contributed by atoms with Gasteiger partial charge in [0.1, 0.15) is 5.84 Å². The van der Waals surface area contributed by atoms with Crippen molar-refractivity contribution in [3.05, 3.63) is 35.4 Å². The summed E-state index contributed by atoms with van der Waals surface area (Å²) in [6.45, 7) is 4.79. The quantitative estimate of drug-likeness (QED) is 0.573. The van der Waals surface area contributed by atoms with Crippen molar-refractivity contribution in [2.24, 2.45) is 5.73 Å². The summed E-state index contributed by atoms with van der Waals surface area (Å²) < 4.78 is 0. The maximum atomic E-state index is 10.1. The molecule has 1 atom stereocenters. The zero-order chi connectivity index (χ0) is 13.9. The van der Waals surface area contributed by atoms with Gasteiger partial charge in [-0.15, -0.1) is 0 Å². The fourth-order valence-corrected chi connectivity index (χ4v) is 2.53. The Morgan fingerprint density at radius 1 is 1.32 bits per heavy atom. The summed E-state index contributed by atoms with van der Waals surface area (Å²) in [6, 6.07) is 7.84. The Morgan fingerprint density at radius 3 is 2.63 bits per heavy atom. The lowest BCUT2D eigenvalue weighted by Crippen LogP contribution is -2.28. The minimum atomic E-state index is -0.507. The summed E-state index contributed by atoms with van der Waals surface area (Å²) in [4.78, 5) is 2.38. The molecule has 1 aromatic carbocycles. The average molecular weight is 261 g/mol. The molecule has 0 spiro atoms. The van der Waals surface area contributed by atoms with Gasteiger partial charge in [-0.3, -0.25) is 10.3 Å². The monoisotopic (exact) mass is 261 g/mol. The molecule has 0 radical (unpaired) electrons. The van der Waals surface area contributed by atoms with Crippen molar-refractivity contribution < 1.29 is 5.11 Å². The van der Waals surface area contributed by atoms with E-state index in [0.29, 0.717) is 0 Å². The van der Waals surface area contributed by atoms with Crippen molar-refractivity contribution in [1.29, 1.82) is 5.41 Å². The van der Waals surface area contributed by atoms with Gasteiger partial charge in [-0.05, 0) is 38.3 Å². The number of hydrogen-bond donors (Lipinski definition) is 3. The first kappa shape index (κ1) is 14.0. The summed E-state index contributed by atoms with van der Waals surface area (Å²) in [5.41, 5.74) is 6.93. The molecule has 19 heavy (non-hydrogen) atoms. The second-order valence-corrected chi connectivity index (χ2v) is 5.74. The van der Waals surface area contributed by atoms with Crippen LogP contribution in [-0.2, 0) is 6.54 Å². The first-order valence-corrected chi connectivity index (χ1v) is 6.84. The number of nitrogens with two attached hydrogens (primary N) is 1. The van der Waals surface area contributed by atoms with E-state index in [1.165, 1.54) is 5.56 Å². The third-order valence-electron chi connectivity index (χ3n) is 3.83. The Hall–Kier alpha value is -1.39. The van der Waals surface area contributed by atoms with Gasteiger partial charge in [-0.1, -0.05) is 24.3 Å². The maximum Gasteiger partial charge on any atom is 0.122 e. The number of benzene rings is 1. The second-order valence-electron chi connectivity index (χ2n) is 5.74. The number of nitrogens with zero attached hydrogens (tertiary/aromatic N) is 1. The molecule has 2 rings (SSSR count). The van der Waals surface area contributed by atoms with Crippen molar-refractivity contribution >= 4 is 5.84 Å². The maximum absolute atomic E-state index is 10.1. The normalized spacial score (nSPS) is 24.9. The van der Waals surface area contributed by atoms with E-state index in [-0.39, 0.29) is 5.84 Å². The zero-order valence-electron chi connectivity index (χ0n) is 11.5. The lowest BCUT2D eigenvalue weighted by molar-refractivity contribution is 0.0444. The minimum Gasteiger partial charge on any atom is -0.390 e. The first-order chi connectivity index (χ1) is 8.96. The van der Waals surface area contributed by atoms with Crippen LogP contribution in [0.3, 0.4) is 0 Å². The lowest BCUT2D eigenvalue weighted by atomic mass is 9.98. The topological polar surface area (TPSA) is 73.3 Å². The molecule has 4 nitrogen and oxygen atoms in total. The second kappa shape index (κ2) is 5.72. The Morgan fingerprint density at radius 2 is 2.00 bits per heavy atom. The van der Waals surface area contributed by atoms with E-state index in [4.69, 9.17) is 11.1 Å². The van der Waals surface area contributed by atoms with E-state index in [1.807, 2.05) is 31.2 Å². The highest BCUT2D eigenvalue weighted by Gasteiger charge is 2.24. The number of nitrogens with one attached hydrogen (secondary N) is 1. The lowest BCUT2D eigenvalue weighted by Gasteiger charge is -2.22. The number of rotatable bonds is 3. The molecule has 1 aromatic rings. The van der Waals surface area contributed by atoms with E-state index in [0.717, 1.165) is 44.5 Å². The first-order valence-electron chi connectivity index (χ1n) is 6.84. The highest BCUT2D eigenvalue weighted by atomic mass is 16.3. The van der Waals surface area contributed by atoms with Crippen molar-refractivity contribution in [2.75, 3.05) is 13.1 Å². The molecular weight excluding hydrogens is 238 g/mol. The summed E-state index contributed by atoms with van der Waals surface area (Å²) in [6.07, 6.45) is 2.75. The molecule has 0 bridgehead atoms. The number of nitrogen functional groups attached to an aromatic ring is 1. The van der Waals surface area contributed by atoms with Crippen LogP contribution in [0, 0.1) is 5.41 Å². The van der Waals surface area contributed by atoms with Crippen LogP contribution >= 0.6 is 0 Å². The van der Waals surface area contributed by atoms with Gasteiger partial charge in [0.25, 0.3) is 0 Å². The fourth-order valence-electron chi connectivity index (χ4n) is 2.53. The fraction of sp³-hybridized carbons (Fsp3) is 0.533. The van der Waals surface area contributed by atoms with Gasteiger partial charge >= 0.3 is 0 Å². The van der Waals surface area contributed by atoms with E-state index >= 15 is 0 Å². The van der Waals surface area contributed by atoms with Gasteiger partial charge in [-0.25, -0.2) is 0 Å². The Kier molecular flexibility index (Phi) is 4.22. The smallest absolute Gasteiger partial charge is 0.122 e.